The first-order valence-electron chi connectivity index (χ1n) is 8.17. The van der Waals surface area contributed by atoms with Gasteiger partial charge in [0.2, 0.25) is 0 Å². The lowest BCUT2D eigenvalue weighted by atomic mass is 10.0. The molecule has 1 unspecified atom stereocenters. The zero-order valence-corrected chi connectivity index (χ0v) is 15.5. The normalized spacial score (nSPS) is 16.1. The van der Waals surface area contributed by atoms with E-state index in [1.807, 2.05) is 30.3 Å². The Balaban J connectivity index is 1.84. The molecule has 138 valence electrons. The smallest absolute Gasteiger partial charge is 0.318 e. The van der Waals surface area contributed by atoms with Crippen LogP contribution in [0.1, 0.15) is 24.0 Å². The molecule has 0 spiro atoms. The van der Waals surface area contributed by atoms with Gasteiger partial charge in [-0.1, -0.05) is 36.4 Å². The molecule has 6 nitrogen and oxygen atoms in total. The van der Waals surface area contributed by atoms with Crippen LogP contribution in [0.4, 0.5) is 4.79 Å². The molecular weight excluding hydrogens is 366 g/mol. The minimum Gasteiger partial charge on any atom is -0.493 e. The van der Waals surface area contributed by atoms with Crippen molar-refractivity contribution in [2.24, 2.45) is 0 Å². The van der Waals surface area contributed by atoms with E-state index in [0.717, 1.165) is 17.3 Å². The van der Waals surface area contributed by atoms with Gasteiger partial charge >= 0.3 is 5.97 Å². The number of imide groups is 1. The monoisotopic (exact) mass is 383 g/mol. The van der Waals surface area contributed by atoms with Gasteiger partial charge in [0, 0.05) is 0 Å². The van der Waals surface area contributed by atoms with Crippen LogP contribution in [0.2, 0.25) is 0 Å². The highest BCUT2D eigenvalue weighted by molar-refractivity contribution is 8.18. The summed E-state index contributed by atoms with van der Waals surface area (Å²) in [4.78, 5) is 35.8. The molecule has 7 heteroatoms. The van der Waals surface area contributed by atoms with Crippen LogP contribution < -0.4 is 14.8 Å². The van der Waals surface area contributed by atoms with Crippen LogP contribution in [0.5, 0.6) is 11.5 Å². The van der Waals surface area contributed by atoms with Gasteiger partial charge in [0.15, 0.2) is 11.5 Å². The predicted octanol–water partition coefficient (Wildman–Crippen LogP) is 3.73. The molecule has 0 radical (unpaired) electrons. The quantitative estimate of drug-likeness (QED) is 0.481. The summed E-state index contributed by atoms with van der Waals surface area (Å²) in [5, 5.41) is 1.78. The van der Waals surface area contributed by atoms with Crippen molar-refractivity contribution in [3.8, 4) is 11.5 Å². The van der Waals surface area contributed by atoms with E-state index in [1.54, 1.807) is 31.2 Å². The second-order valence-corrected chi connectivity index (χ2v) is 6.83. The van der Waals surface area contributed by atoms with E-state index >= 15 is 0 Å². The minimum absolute atomic E-state index is 0.245. The molecule has 1 atom stereocenters. The largest absolute Gasteiger partial charge is 0.493 e. The lowest BCUT2D eigenvalue weighted by Crippen LogP contribution is -2.17. The Bertz CT molecular complexity index is 923. The van der Waals surface area contributed by atoms with E-state index in [0.29, 0.717) is 11.3 Å². The van der Waals surface area contributed by atoms with Crippen molar-refractivity contribution < 1.29 is 23.9 Å². The highest BCUT2D eigenvalue weighted by Crippen LogP contribution is 2.32. The molecular formula is C20H17NO5S. The van der Waals surface area contributed by atoms with Gasteiger partial charge in [-0.3, -0.25) is 19.7 Å². The van der Waals surface area contributed by atoms with E-state index in [2.05, 4.69) is 5.32 Å². The van der Waals surface area contributed by atoms with E-state index in [-0.39, 0.29) is 10.7 Å². The maximum atomic E-state index is 12.5. The Kier molecular flexibility index (Phi) is 5.61. The van der Waals surface area contributed by atoms with E-state index in [9.17, 15) is 14.4 Å². The number of carbonyl (C=O) groups is 3. The van der Waals surface area contributed by atoms with Crippen molar-refractivity contribution in [2.75, 3.05) is 7.11 Å². The highest BCUT2D eigenvalue weighted by Gasteiger charge is 2.25. The lowest BCUT2D eigenvalue weighted by Gasteiger charge is -2.14. The molecule has 1 aliphatic heterocycles. The summed E-state index contributed by atoms with van der Waals surface area (Å²) in [5.41, 5.74) is 1.45. The number of nitrogens with one attached hydrogen (secondary N) is 1. The lowest BCUT2D eigenvalue weighted by molar-refractivity contribution is -0.135. The Morgan fingerprint density at radius 3 is 2.48 bits per heavy atom. The van der Waals surface area contributed by atoms with Crippen molar-refractivity contribution in [3.63, 3.8) is 0 Å². The van der Waals surface area contributed by atoms with Crippen molar-refractivity contribution >= 4 is 35.0 Å². The number of esters is 1. The van der Waals surface area contributed by atoms with E-state index in [4.69, 9.17) is 9.47 Å². The number of hydrogen-bond donors (Lipinski definition) is 1. The third kappa shape index (κ3) is 4.38. The Morgan fingerprint density at radius 1 is 1.11 bits per heavy atom. The molecule has 1 saturated heterocycles. The molecule has 2 amide bonds. The van der Waals surface area contributed by atoms with Crippen molar-refractivity contribution in [3.05, 3.63) is 64.6 Å². The SMILES string of the molecule is COc1ccc(/C=C2\SC(=O)NC2=O)cc1OC(=O)C(C)c1ccccc1. The molecule has 1 heterocycles. The highest BCUT2D eigenvalue weighted by atomic mass is 32.2. The van der Waals surface area contributed by atoms with Crippen LogP contribution >= 0.6 is 11.8 Å². The average Bonchev–Trinajstić information content (AvgIpc) is 2.99. The molecule has 0 bridgehead atoms. The maximum Gasteiger partial charge on any atom is 0.318 e. The van der Waals surface area contributed by atoms with E-state index in [1.165, 1.54) is 7.11 Å². The van der Waals surface area contributed by atoms with Gasteiger partial charge in [-0.05, 0) is 48.0 Å². The molecule has 0 aliphatic carbocycles. The molecule has 2 aromatic carbocycles. The summed E-state index contributed by atoms with van der Waals surface area (Å²) in [6, 6.07) is 14.3. The van der Waals surface area contributed by atoms with Gasteiger partial charge in [0.25, 0.3) is 11.1 Å². The predicted molar refractivity (Wildman–Crippen MR) is 103 cm³/mol. The standard InChI is InChI=1S/C20H17NO5S/c1-12(14-6-4-3-5-7-14)19(23)26-16-10-13(8-9-15(16)25-2)11-17-18(22)21-20(24)27-17/h3-12H,1-2H3,(H,21,22,24)/b17-11-. The second kappa shape index (κ2) is 8.09. The molecule has 27 heavy (non-hydrogen) atoms. The van der Waals surface area contributed by atoms with Crippen molar-refractivity contribution in [1.82, 2.24) is 5.32 Å². The van der Waals surface area contributed by atoms with Gasteiger partial charge in [0.1, 0.15) is 0 Å². The number of methoxy groups -OCH3 is 1. The fourth-order valence-electron chi connectivity index (χ4n) is 2.51. The Hall–Kier alpha value is -3.06. The van der Waals surface area contributed by atoms with Gasteiger partial charge in [-0.2, -0.15) is 0 Å². The second-order valence-electron chi connectivity index (χ2n) is 5.82. The first kappa shape index (κ1) is 18.7. The summed E-state index contributed by atoms with van der Waals surface area (Å²) in [6.07, 6.45) is 1.56. The summed E-state index contributed by atoms with van der Waals surface area (Å²) in [7, 11) is 1.48. The molecule has 0 aromatic heterocycles. The fourth-order valence-corrected chi connectivity index (χ4v) is 3.19. The summed E-state index contributed by atoms with van der Waals surface area (Å²) >= 11 is 0.823. The topological polar surface area (TPSA) is 81.7 Å². The van der Waals surface area contributed by atoms with Crippen LogP contribution in [-0.4, -0.2) is 24.2 Å². The molecule has 1 N–H and O–H groups in total. The first-order chi connectivity index (χ1) is 13.0. The van der Waals surface area contributed by atoms with Gasteiger partial charge in [-0.15, -0.1) is 0 Å². The summed E-state index contributed by atoms with van der Waals surface area (Å²) in [5.74, 6) is -0.684. The van der Waals surface area contributed by atoms with Crippen LogP contribution in [0, 0.1) is 0 Å². The Morgan fingerprint density at radius 2 is 1.85 bits per heavy atom. The maximum absolute atomic E-state index is 12.5. The average molecular weight is 383 g/mol. The molecule has 2 aromatic rings. The van der Waals surface area contributed by atoms with Crippen LogP contribution in [-0.2, 0) is 9.59 Å². The number of hydrogen-bond acceptors (Lipinski definition) is 6. The van der Waals surface area contributed by atoms with Crippen LogP contribution in [0.3, 0.4) is 0 Å². The minimum atomic E-state index is -0.452. The van der Waals surface area contributed by atoms with Crippen LogP contribution in [0.15, 0.2) is 53.4 Å². The van der Waals surface area contributed by atoms with Crippen molar-refractivity contribution in [2.45, 2.75) is 12.8 Å². The van der Waals surface area contributed by atoms with Gasteiger partial charge in [0.05, 0.1) is 17.9 Å². The number of carbonyl (C=O) groups excluding carboxylic acids is 3. The number of thioether (sulfide) groups is 1. The fraction of sp³-hybridized carbons (Fsp3) is 0.150. The zero-order valence-electron chi connectivity index (χ0n) is 14.7. The van der Waals surface area contributed by atoms with Gasteiger partial charge < -0.3 is 9.47 Å². The number of amides is 2. The van der Waals surface area contributed by atoms with Crippen molar-refractivity contribution in [1.29, 1.82) is 0 Å². The third-order valence-corrected chi connectivity index (χ3v) is 4.80. The Labute approximate surface area is 160 Å². The van der Waals surface area contributed by atoms with Gasteiger partial charge in [-0.25, -0.2) is 0 Å². The van der Waals surface area contributed by atoms with Crippen LogP contribution in [0.25, 0.3) is 6.08 Å². The summed E-state index contributed by atoms with van der Waals surface area (Å²) in [6.45, 7) is 1.76. The summed E-state index contributed by atoms with van der Waals surface area (Å²) < 4.78 is 10.8. The molecule has 3 rings (SSSR count). The number of rotatable bonds is 5. The third-order valence-electron chi connectivity index (χ3n) is 3.99. The molecule has 1 aliphatic rings. The molecule has 0 saturated carbocycles. The zero-order chi connectivity index (χ0) is 19.4. The first-order valence-corrected chi connectivity index (χ1v) is 8.99. The molecule has 1 fully saturated rings. The number of ether oxygens (including phenoxy) is 2. The van der Waals surface area contributed by atoms with E-state index < -0.39 is 23.0 Å². The number of benzene rings is 2.